The maximum absolute atomic E-state index is 11.7. The van der Waals surface area contributed by atoms with Crippen molar-refractivity contribution in [2.45, 2.75) is 32.3 Å². The first-order chi connectivity index (χ1) is 8.35. The highest BCUT2D eigenvalue weighted by atomic mass is 16.3. The van der Waals surface area contributed by atoms with Gasteiger partial charge in [0, 0.05) is 12.7 Å². The molecule has 1 aromatic rings. The molecule has 0 aliphatic heterocycles. The summed E-state index contributed by atoms with van der Waals surface area (Å²) in [6.45, 7) is 3.56. The number of aromatic nitrogens is 2. The van der Waals surface area contributed by atoms with E-state index in [0.29, 0.717) is 6.42 Å². The van der Waals surface area contributed by atoms with E-state index in [1.54, 1.807) is 6.92 Å². The minimum absolute atomic E-state index is 0.0399. The minimum atomic E-state index is -1.01. The quantitative estimate of drug-likeness (QED) is 0.559. The van der Waals surface area contributed by atoms with Crippen LogP contribution in [0.15, 0.2) is 15.8 Å². The average molecular weight is 255 g/mol. The molecule has 4 N–H and O–H groups in total. The monoisotopic (exact) mass is 255 g/mol. The highest BCUT2D eigenvalue weighted by Crippen LogP contribution is 2.09. The van der Waals surface area contributed by atoms with Crippen molar-refractivity contribution in [1.29, 1.82) is 0 Å². The second-order valence-corrected chi connectivity index (χ2v) is 4.42. The number of carbonyl (C=O) groups excluding carboxylic acids is 1. The van der Waals surface area contributed by atoms with Crippen LogP contribution in [0.25, 0.3) is 0 Å². The van der Waals surface area contributed by atoms with Crippen molar-refractivity contribution in [3.05, 3.63) is 32.6 Å². The summed E-state index contributed by atoms with van der Waals surface area (Å²) < 4.78 is 0. The molecule has 1 amide bonds. The van der Waals surface area contributed by atoms with Gasteiger partial charge in [0.15, 0.2) is 0 Å². The SMILES string of the molecule is CCCC(C)(O)CNC(=O)c1c[nH]c(=O)[nH]c1=O. The molecule has 0 aliphatic carbocycles. The van der Waals surface area contributed by atoms with E-state index in [4.69, 9.17) is 0 Å². The third-order valence-corrected chi connectivity index (χ3v) is 2.48. The molecular weight excluding hydrogens is 238 g/mol. The van der Waals surface area contributed by atoms with Gasteiger partial charge in [-0.2, -0.15) is 0 Å². The first kappa shape index (κ1) is 14.2. The largest absolute Gasteiger partial charge is 0.388 e. The summed E-state index contributed by atoms with van der Waals surface area (Å²) in [7, 11) is 0. The van der Waals surface area contributed by atoms with E-state index < -0.39 is 22.8 Å². The Balaban J connectivity index is 2.72. The molecule has 7 nitrogen and oxygen atoms in total. The molecule has 0 radical (unpaired) electrons. The Morgan fingerprint density at radius 1 is 1.50 bits per heavy atom. The number of hydrogen-bond acceptors (Lipinski definition) is 4. The summed E-state index contributed by atoms with van der Waals surface area (Å²) >= 11 is 0. The van der Waals surface area contributed by atoms with Crippen LogP contribution in [0.4, 0.5) is 0 Å². The summed E-state index contributed by atoms with van der Waals surface area (Å²) in [6, 6.07) is 0. The maximum atomic E-state index is 11.7. The highest BCUT2D eigenvalue weighted by molar-refractivity contribution is 5.93. The van der Waals surface area contributed by atoms with Crippen molar-refractivity contribution in [2.75, 3.05) is 6.54 Å². The van der Waals surface area contributed by atoms with E-state index in [0.717, 1.165) is 12.6 Å². The fourth-order valence-electron chi connectivity index (χ4n) is 1.57. The number of aromatic amines is 2. The van der Waals surface area contributed by atoms with Crippen LogP contribution in [0.2, 0.25) is 0 Å². The first-order valence-electron chi connectivity index (χ1n) is 5.68. The molecule has 100 valence electrons. The van der Waals surface area contributed by atoms with Gasteiger partial charge in [0.25, 0.3) is 11.5 Å². The molecule has 0 aliphatic rings. The summed E-state index contributed by atoms with van der Waals surface area (Å²) in [5.41, 5.74) is -2.64. The first-order valence-corrected chi connectivity index (χ1v) is 5.68. The van der Waals surface area contributed by atoms with Crippen molar-refractivity contribution < 1.29 is 9.90 Å². The van der Waals surface area contributed by atoms with Crippen LogP contribution in [0.3, 0.4) is 0 Å². The van der Waals surface area contributed by atoms with Gasteiger partial charge in [0.1, 0.15) is 5.56 Å². The summed E-state index contributed by atoms with van der Waals surface area (Å²) in [4.78, 5) is 37.9. The van der Waals surface area contributed by atoms with E-state index in [-0.39, 0.29) is 12.1 Å². The zero-order valence-electron chi connectivity index (χ0n) is 10.4. The fourth-order valence-corrected chi connectivity index (χ4v) is 1.57. The summed E-state index contributed by atoms with van der Waals surface area (Å²) in [6.07, 6.45) is 2.36. The van der Waals surface area contributed by atoms with Gasteiger partial charge in [-0.15, -0.1) is 0 Å². The smallest absolute Gasteiger partial charge is 0.325 e. The van der Waals surface area contributed by atoms with Crippen LogP contribution < -0.4 is 16.6 Å². The van der Waals surface area contributed by atoms with E-state index in [9.17, 15) is 19.5 Å². The van der Waals surface area contributed by atoms with Crippen molar-refractivity contribution >= 4 is 5.91 Å². The molecule has 1 unspecified atom stereocenters. The molecule has 0 aromatic carbocycles. The van der Waals surface area contributed by atoms with Crippen molar-refractivity contribution in [2.24, 2.45) is 0 Å². The number of hydrogen-bond donors (Lipinski definition) is 4. The van der Waals surface area contributed by atoms with Crippen LogP contribution in [-0.2, 0) is 0 Å². The third-order valence-electron chi connectivity index (χ3n) is 2.48. The maximum Gasteiger partial charge on any atom is 0.325 e. The number of H-pyrrole nitrogens is 2. The van der Waals surface area contributed by atoms with E-state index >= 15 is 0 Å². The van der Waals surface area contributed by atoms with Crippen LogP contribution >= 0.6 is 0 Å². The van der Waals surface area contributed by atoms with Crippen molar-refractivity contribution in [1.82, 2.24) is 15.3 Å². The molecule has 0 spiro atoms. The van der Waals surface area contributed by atoms with E-state index in [1.165, 1.54) is 0 Å². The van der Waals surface area contributed by atoms with E-state index in [1.807, 2.05) is 11.9 Å². The Bertz CT molecular complexity index is 530. The zero-order valence-corrected chi connectivity index (χ0v) is 10.4. The minimum Gasteiger partial charge on any atom is -0.388 e. The molecule has 0 saturated heterocycles. The Hall–Kier alpha value is -1.89. The second-order valence-electron chi connectivity index (χ2n) is 4.42. The molecule has 1 aromatic heterocycles. The molecule has 0 bridgehead atoms. The van der Waals surface area contributed by atoms with Crippen LogP contribution in [0.1, 0.15) is 37.0 Å². The third kappa shape index (κ3) is 3.85. The summed E-state index contributed by atoms with van der Waals surface area (Å²) in [5, 5.41) is 12.3. The predicted octanol–water partition coefficient (Wildman–Crippen LogP) is -0.656. The normalized spacial score (nSPS) is 13.9. The Morgan fingerprint density at radius 2 is 2.17 bits per heavy atom. The van der Waals surface area contributed by atoms with Crippen LogP contribution in [0.5, 0.6) is 0 Å². The average Bonchev–Trinajstić information content (AvgIpc) is 2.26. The number of aliphatic hydroxyl groups is 1. The topological polar surface area (TPSA) is 115 Å². The van der Waals surface area contributed by atoms with Gasteiger partial charge >= 0.3 is 5.69 Å². The lowest BCUT2D eigenvalue weighted by Crippen LogP contribution is -2.42. The fraction of sp³-hybridized carbons (Fsp3) is 0.545. The van der Waals surface area contributed by atoms with Gasteiger partial charge in [-0.25, -0.2) is 4.79 Å². The Labute approximate surface area is 103 Å². The number of nitrogens with one attached hydrogen (secondary N) is 3. The number of rotatable bonds is 5. The van der Waals surface area contributed by atoms with Gasteiger partial charge in [0.05, 0.1) is 5.60 Å². The lowest BCUT2D eigenvalue weighted by atomic mass is 10.0. The Kier molecular flexibility index (Phi) is 4.43. The Morgan fingerprint density at radius 3 is 2.72 bits per heavy atom. The molecule has 0 saturated carbocycles. The predicted molar refractivity (Wildman–Crippen MR) is 65.5 cm³/mol. The second kappa shape index (κ2) is 5.63. The molecular formula is C11H17N3O4. The molecule has 7 heteroatoms. The van der Waals surface area contributed by atoms with E-state index in [2.05, 4.69) is 10.3 Å². The van der Waals surface area contributed by atoms with Gasteiger partial charge in [-0.05, 0) is 13.3 Å². The van der Waals surface area contributed by atoms with Crippen molar-refractivity contribution in [3.63, 3.8) is 0 Å². The summed E-state index contributed by atoms with van der Waals surface area (Å²) in [5.74, 6) is -0.635. The zero-order chi connectivity index (χ0) is 13.8. The number of amides is 1. The number of carbonyl (C=O) groups is 1. The lowest BCUT2D eigenvalue weighted by molar-refractivity contribution is 0.0469. The van der Waals surface area contributed by atoms with Gasteiger partial charge < -0.3 is 15.4 Å². The standard InChI is InChI=1S/C11H17N3O4/c1-3-4-11(2,18)6-13-8(15)7-5-12-10(17)14-9(7)16/h5,18H,3-4,6H2,1-2H3,(H,13,15)(H2,12,14,16,17). The van der Waals surface area contributed by atoms with Gasteiger partial charge in [0.2, 0.25) is 0 Å². The van der Waals surface area contributed by atoms with Gasteiger partial charge in [-0.3, -0.25) is 14.6 Å². The van der Waals surface area contributed by atoms with Crippen LogP contribution in [-0.4, -0.2) is 33.1 Å². The molecule has 18 heavy (non-hydrogen) atoms. The van der Waals surface area contributed by atoms with Crippen LogP contribution in [0, 0.1) is 0 Å². The molecule has 0 fully saturated rings. The van der Waals surface area contributed by atoms with Gasteiger partial charge in [-0.1, -0.05) is 13.3 Å². The molecule has 1 rings (SSSR count). The lowest BCUT2D eigenvalue weighted by Gasteiger charge is -2.22. The van der Waals surface area contributed by atoms with Crippen molar-refractivity contribution in [3.8, 4) is 0 Å². The molecule has 1 atom stereocenters. The highest BCUT2D eigenvalue weighted by Gasteiger charge is 2.21. The molecule has 1 heterocycles.